The summed E-state index contributed by atoms with van der Waals surface area (Å²) in [5, 5.41) is 13.3. The van der Waals surface area contributed by atoms with Gasteiger partial charge in [-0.1, -0.05) is 0 Å². The van der Waals surface area contributed by atoms with Crippen LogP contribution in [0.25, 0.3) is 0 Å². The van der Waals surface area contributed by atoms with E-state index in [-0.39, 0.29) is 18.5 Å². The van der Waals surface area contributed by atoms with Crippen molar-refractivity contribution in [1.29, 1.82) is 0 Å². The minimum atomic E-state index is -0.799. The van der Waals surface area contributed by atoms with E-state index in [9.17, 15) is 9.90 Å². The maximum atomic E-state index is 11.8. The molecule has 1 amide bonds. The molecule has 0 radical (unpaired) electrons. The molecule has 2 atom stereocenters. The highest BCUT2D eigenvalue weighted by Gasteiger charge is 2.19. The highest BCUT2D eigenvalue weighted by molar-refractivity contribution is 5.80. The average molecular weight is 296 g/mol. The summed E-state index contributed by atoms with van der Waals surface area (Å²) in [6.45, 7) is 2.00. The number of hydrogen-bond donors (Lipinski definition) is 2. The van der Waals surface area contributed by atoms with Gasteiger partial charge in [0.25, 0.3) is 0 Å². The Hall–Kier alpha value is -1.79. The van der Waals surface area contributed by atoms with Gasteiger partial charge in [-0.15, -0.1) is 0 Å². The largest absolute Gasteiger partial charge is 0.497 e. The van der Waals surface area contributed by atoms with Gasteiger partial charge in [-0.2, -0.15) is 0 Å². The first-order chi connectivity index (χ1) is 9.90. The highest BCUT2D eigenvalue weighted by Crippen LogP contribution is 2.29. The number of aliphatic hydroxyl groups excluding tert-OH is 1. The zero-order valence-electron chi connectivity index (χ0n) is 13.2. The molecule has 0 heterocycles. The third kappa shape index (κ3) is 4.61. The van der Waals surface area contributed by atoms with Crippen molar-refractivity contribution in [3.05, 3.63) is 23.8 Å². The molecule has 0 saturated heterocycles. The zero-order chi connectivity index (χ0) is 16.0. The summed E-state index contributed by atoms with van der Waals surface area (Å²) in [4.78, 5) is 13.3. The molecule has 0 aliphatic rings. The van der Waals surface area contributed by atoms with Crippen LogP contribution in [0.3, 0.4) is 0 Å². The molecule has 0 aliphatic carbocycles. The van der Waals surface area contributed by atoms with Gasteiger partial charge in [-0.05, 0) is 25.1 Å². The fourth-order valence-electron chi connectivity index (χ4n) is 1.97. The van der Waals surface area contributed by atoms with E-state index in [0.717, 1.165) is 0 Å². The molecule has 6 nitrogen and oxygen atoms in total. The maximum Gasteiger partial charge on any atom is 0.238 e. The number of aliphatic hydroxyl groups is 1. The Kier molecular flexibility index (Phi) is 6.45. The van der Waals surface area contributed by atoms with Crippen LogP contribution < -0.4 is 14.8 Å². The first kappa shape index (κ1) is 17.3. The van der Waals surface area contributed by atoms with E-state index in [1.807, 2.05) is 0 Å². The van der Waals surface area contributed by atoms with Gasteiger partial charge < -0.3 is 24.8 Å². The molecule has 118 valence electrons. The van der Waals surface area contributed by atoms with Gasteiger partial charge in [0.05, 0.1) is 26.4 Å². The average Bonchev–Trinajstić information content (AvgIpc) is 2.50. The normalized spacial score (nSPS) is 13.4. The minimum Gasteiger partial charge on any atom is -0.497 e. The monoisotopic (exact) mass is 296 g/mol. The van der Waals surface area contributed by atoms with Gasteiger partial charge in [-0.3, -0.25) is 4.79 Å². The molecule has 0 bridgehead atoms. The summed E-state index contributed by atoms with van der Waals surface area (Å²) in [7, 11) is 6.50. The second-order valence-electron chi connectivity index (χ2n) is 4.99. The number of benzene rings is 1. The van der Waals surface area contributed by atoms with Crippen molar-refractivity contribution < 1.29 is 19.4 Å². The van der Waals surface area contributed by atoms with E-state index in [1.54, 1.807) is 53.4 Å². The standard InChI is InChI=1S/C15H24N2O4/c1-10(15(19)17(2)3)16-9-13(18)12-8-11(20-4)6-7-14(12)21-5/h6-8,10,13,16,18H,9H2,1-5H3. The molecule has 2 unspecified atom stereocenters. The van der Waals surface area contributed by atoms with Gasteiger partial charge in [0.1, 0.15) is 11.5 Å². The van der Waals surface area contributed by atoms with Crippen LogP contribution in [0.5, 0.6) is 11.5 Å². The molecule has 21 heavy (non-hydrogen) atoms. The lowest BCUT2D eigenvalue weighted by molar-refractivity contribution is -0.130. The number of carbonyl (C=O) groups excluding carboxylic acids is 1. The molecule has 0 saturated carbocycles. The Morgan fingerprint density at radius 1 is 1.33 bits per heavy atom. The van der Waals surface area contributed by atoms with E-state index < -0.39 is 6.10 Å². The molecule has 2 N–H and O–H groups in total. The number of hydrogen-bond acceptors (Lipinski definition) is 5. The third-order valence-electron chi connectivity index (χ3n) is 3.22. The lowest BCUT2D eigenvalue weighted by Gasteiger charge is -2.21. The van der Waals surface area contributed by atoms with Crippen molar-refractivity contribution in [3.63, 3.8) is 0 Å². The number of rotatable bonds is 7. The SMILES string of the molecule is COc1ccc(OC)c(C(O)CNC(C)C(=O)N(C)C)c1. The van der Waals surface area contributed by atoms with Gasteiger partial charge >= 0.3 is 0 Å². The summed E-state index contributed by atoms with van der Waals surface area (Å²) in [6, 6.07) is 4.86. The van der Waals surface area contributed by atoms with E-state index in [4.69, 9.17) is 9.47 Å². The van der Waals surface area contributed by atoms with Crippen LogP contribution in [-0.2, 0) is 4.79 Å². The second kappa shape index (κ2) is 7.85. The molecule has 1 aromatic carbocycles. The summed E-state index contributed by atoms with van der Waals surface area (Å²) < 4.78 is 10.4. The summed E-state index contributed by atoms with van der Waals surface area (Å²) >= 11 is 0. The number of likely N-dealkylation sites (N-methyl/N-ethyl adjacent to an activating group) is 1. The van der Waals surface area contributed by atoms with Gasteiger partial charge in [0.2, 0.25) is 5.91 Å². The summed E-state index contributed by atoms with van der Waals surface area (Å²) in [5.41, 5.74) is 0.619. The fraction of sp³-hybridized carbons (Fsp3) is 0.533. The molecular formula is C15H24N2O4. The van der Waals surface area contributed by atoms with Crippen molar-refractivity contribution in [2.24, 2.45) is 0 Å². The molecule has 0 spiro atoms. The Balaban J connectivity index is 2.75. The summed E-state index contributed by atoms with van der Waals surface area (Å²) in [5.74, 6) is 1.18. The Morgan fingerprint density at radius 3 is 2.52 bits per heavy atom. The topological polar surface area (TPSA) is 71.0 Å². The molecule has 1 aromatic rings. The molecule has 1 rings (SSSR count). The quantitative estimate of drug-likeness (QED) is 0.779. The lowest BCUT2D eigenvalue weighted by Crippen LogP contribution is -2.42. The minimum absolute atomic E-state index is 0.0418. The Morgan fingerprint density at radius 2 is 2.00 bits per heavy atom. The number of nitrogens with one attached hydrogen (secondary N) is 1. The predicted molar refractivity (Wildman–Crippen MR) is 80.7 cm³/mol. The van der Waals surface area contributed by atoms with Crippen LogP contribution in [0.15, 0.2) is 18.2 Å². The van der Waals surface area contributed by atoms with Crippen LogP contribution in [0.1, 0.15) is 18.6 Å². The van der Waals surface area contributed by atoms with Gasteiger partial charge in [-0.25, -0.2) is 0 Å². The molecular weight excluding hydrogens is 272 g/mol. The van der Waals surface area contributed by atoms with Gasteiger partial charge in [0.15, 0.2) is 0 Å². The predicted octanol–water partition coefficient (Wildman–Crippen LogP) is 0.803. The van der Waals surface area contributed by atoms with Crippen molar-refractivity contribution in [1.82, 2.24) is 10.2 Å². The first-order valence-electron chi connectivity index (χ1n) is 6.75. The highest BCUT2D eigenvalue weighted by atomic mass is 16.5. The van der Waals surface area contributed by atoms with Crippen LogP contribution in [-0.4, -0.2) is 56.8 Å². The molecule has 0 fully saturated rings. The Labute approximate surface area is 125 Å². The number of amides is 1. The van der Waals surface area contributed by atoms with Gasteiger partial charge in [0, 0.05) is 26.2 Å². The molecule has 0 aliphatic heterocycles. The fourth-order valence-corrected chi connectivity index (χ4v) is 1.97. The van der Waals surface area contributed by atoms with Crippen LogP contribution >= 0.6 is 0 Å². The third-order valence-corrected chi connectivity index (χ3v) is 3.22. The number of carbonyl (C=O) groups is 1. The Bertz CT molecular complexity index is 477. The first-order valence-corrected chi connectivity index (χ1v) is 6.75. The van der Waals surface area contributed by atoms with Crippen molar-refractivity contribution >= 4 is 5.91 Å². The number of methoxy groups -OCH3 is 2. The van der Waals surface area contributed by atoms with E-state index >= 15 is 0 Å². The van der Waals surface area contributed by atoms with Crippen molar-refractivity contribution in [2.75, 3.05) is 34.9 Å². The lowest BCUT2D eigenvalue weighted by atomic mass is 10.1. The van der Waals surface area contributed by atoms with Crippen molar-refractivity contribution in [2.45, 2.75) is 19.1 Å². The molecule has 6 heteroatoms. The number of ether oxygens (including phenoxy) is 2. The van der Waals surface area contributed by atoms with Crippen LogP contribution in [0.4, 0.5) is 0 Å². The van der Waals surface area contributed by atoms with Crippen LogP contribution in [0, 0.1) is 0 Å². The molecule has 0 aromatic heterocycles. The second-order valence-corrected chi connectivity index (χ2v) is 4.99. The maximum absolute atomic E-state index is 11.8. The smallest absolute Gasteiger partial charge is 0.238 e. The summed E-state index contributed by atoms with van der Waals surface area (Å²) in [6.07, 6.45) is -0.799. The van der Waals surface area contributed by atoms with E-state index in [1.165, 1.54) is 4.90 Å². The van der Waals surface area contributed by atoms with E-state index in [2.05, 4.69) is 5.32 Å². The number of nitrogens with zero attached hydrogens (tertiary/aromatic N) is 1. The zero-order valence-corrected chi connectivity index (χ0v) is 13.2. The van der Waals surface area contributed by atoms with E-state index in [0.29, 0.717) is 17.1 Å². The van der Waals surface area contributed by atoms with Crippen molar-refractivity contribution in [3.8, 4) is 11.5 Å². The van der Waals surface area contributed by atoms with Crippen LogP contribution in [0.2, 0.25) is 0 Å².